The van der Waals surface area contributed by atoms with Crippen LogP contribution in [0.5, 0.6) is 0 Å². The predicted octanol–water partition coefficient (Wildman–Crippen LogP) is 2.94. The summed E-state index contributed by atoms with van der Waals surface area (Å²) in [6.07, 6.45) is 0. The first kappa shape index (κ1) is 14.4. The van der Waals surface area contributed by atoms with Crippen molar-refractivity contribution in [2.75, 3.05) is 4.72 Å². The van der Waals surface area contributed by atoms with Crippen LogP contribution in [0.1, 0.15) is 4.88 Å². The summed E-state index contributed by atoms with van der Waals surface area (Å²) in [5, 5.41) is 10.6. The Bertz CT molecular complexity index is 700. The topological polar surface area (TPSA) is 66.4 Å². The molecule has 2 rings (SSSR count). The number of benzene rings is 1. The molecule has 0 atom stereocenters. The van der Waals surface area contributed by atoms with Gasteiger partial charge in [-0.2, -0.15) is 0 Å². The SMILES string of the molecule is O=S(=O)(Nc1cc(Br)ccc1F)c1ccsc1CO. The van der Waals surface area contributed by atoms with Crippen LogP contribution < -0.4 is 4.72 Å². The lowest BCUT2D eigenvalue weighted by Crippen LogP contribution is -2.14. The van der Waals surface area contributed by atoms with Gasteiger partial charge < -0.3 is 5.11 Å². The fourth-order valence-electron chi connectivity index (χ4n) is 1.46. The van der Waals surface area contributed by atoms with Crippen molar-refractivity contribution in [3.63, 3.8) is 0 Å². The molecule has 102 valence electrons. The molecule has 2 aromatic rings. The lowest BCUT2D eigenvalue weighted by atomic mass is 10.3. The van der Waals surface area contributed by atoms with Gasteiger partial charge in [0.2, 0.25) is 0 Å². The summed E-state index contributed by atoms with van der Waals surface area (Å²) < 4.78 is 40.5. The normalized spacial score (nSPS) is 11.5. The van der Waals surface area contributed by atoms with Crippen molar-refractivity contribution in [3.05, 3.63) is 44.8 Å². The minimum absolute atomic E-state index is 0.0422. The van der Waals surface area contributed by atoms with Crippen molar-refractivity contribution in [2.45, 2.75) is 11.5 Å². The zero-order valence-corrected chi connectivity index (χ0v) is 12.6. The molecule has 19 heavy (non-hydrogen) atoms. The number of anilines is 1. The number of thiophene rings is 1. The first-order valence-corrected chi connectivity index (χ1v) is 8.25. The van der Waals surface area contributed by atoms with Crippen LogP contribution in [0.25, 0.3) is 0 Å². The van der Waals surface area contributed by atoms with Crippen molar-refractivity contribution in [2.24, 2.45) is 0 Å². The van der Waals surface area contributed by atoms with Crippen LogP contribution in [0.3, 0.4) is 0 Å². The molecule has 0 radical (unpaired) electrons. The van der Waals surface area contributed by atoms with Gasteiger partial charge in [0.05, 0.1) is 17.2 Å². The van der Waals surface area contributed by atoms with Gasteiger partial charge >= 0.3 is 0 Å². The van der Waals surface area contributed by atoms with E-state index in [2.05, 4.69) is 20.7 Å². The van der Waals surface area contributed by atoms with Gasteiger partial charge in [-0.15, -0.1) is 11.3 Å². The van der Waals surface area contributed by atoms with Gasteiger partial charge in [0.15, 0.2) is 0 Å². The maximum atomic E-state index is 13.5. The molecule has 0 aliphatic heterocycles. The smallest absolute Gasteiger partial charge is 0.263 e. The summed E-state index contributed by atoms with van der Waals surface area (Å²) in [6, 6.07) is 5.33. The minimum Gasteiger partial charge on any atom is -0.391 e. The second kappa shape index (κ2) is 5.58. The Kier molecular flexibility index (Phi) is 4.24. The van der Waals surface area contributed by atoms with Crippen molar-refractivity contribution >= 4 is 43.0 Å². The van der Waals surface area contributed by atoms with Crippen molar-refractivity contribution < 1.29 is 17.9 Å². The van der Waals surface area contributed by atoms with Crippen LogP contribution in [0, 0.1) is 5.82 Å². The molecule has 0 aliphatic rings. The Balaban J connectivity index is 2.39. The molecule has 0 bridgehead atoms. The summed E-state index contributed by atoms with van der Waals surface area (Å²) in [6.45, 7) is -0.380. The highest BCUT2D eigenvalue weighted by Gasteiger charge is 2.20. The van der Waals surface area contributed by atoms with Gasteiger partial charge in [-0.1, -0.05) is 15.9 Å². The zero-order valence-electron chi connectivity index (χ0n) is 9.43. The van der Waals surface area contributed by atoms with E-state index in [1.807, 2.05) is 0 Å². The Morgan fingerprint density at radius 3 is 2.79 bits per heavy atom. The maximum Gasteiger partial charge on any atom is 0.263 e. The van der Waals surface area contributed by atoms with Gasteiger partial charge in [-0.25, -0.2) is 12.8 Å². The number of aliphatic hydroxyl groups is 1. The van der Waals surface area contributed by atoms with E-state index >= 15 is 0 Å². The maximum absolute atomic E-state index is 13.5. The van der Waals surface area contributed by atoms with Crippen molar-refractivity contribution in [1.82, 2.24) is 0 Å². The molecule has 0 aliphatic carbocycles. The van der Waals surface area contributed by atoms with Crippen molar-refractivity contribution in [3.8, 4) is 0 Å². The van der Waals surface area contributed by atoms with E-state index in [0.717, 1.165) is 17.4 Å². The second-order valence-corrected chi connectivity index (χ2v) is 7.16. The first-order valence-electron chi connectivity index (χ1n) is 5.09. The third-order valence-electron chi connectivity index (χ3n) is 2.31. The number of hydrogen-bond donors (Lipinski definition) is 2. The molecule has 0 saturated carbocycles. The quantitative estimate of drug-likeness (QED) is 0.875. The highest BCUT2D eigenvalue weighted by Crippen LogP contribution is 2.26. The largest absolute Gasteiger partial charge is 0.391 e. The van der Waals surface area contributed by atoms with E-state index in [1.54, 1.807) is 5.38 Å². The van der Waals surface area contributed by atoms with Crippen LogP contribution in [-0.4, -0.2) is 13.5 Å². The molecular formula is C11H9BrFNO3S2. The Morgan fingerprint density at radius 1 is 1.37 bits per heavy atom. The average molecular weight is 366 g/mol. The fraction of sp³-hybridized carbons (Fsp3) is 0.0909. The van der Waals surface area contributed by atoms with E-state index in [0.29, 0.717) is 9.35 Å². The number of halogens is 2. The standard InChI is InChI=1S/C11H9BrFNO3S2/c12-7-1-2-8(13)9(5-7)14-19(16,17)11-3-4-18-10(11)6-15/h1-5,14-15H,6H2. The molecule has 0 fully saturated rings. The van der Waals surface area contributed by atoms with Gasteiger partial charge in [0.25, 0.3) is 10.0 Å². The molecule has 4 nitrogen and oxygen atoms in total. The summed E-state index contributed by atoms with van der Waals surface area (Å²) in [5.41, 5.74) is -0.149. The molecule has 2 N–H and O–H groups in total. The molecular weight excluding hydrogens is 357 g/mol. The second-order valence-electron chi connectivity index (χ2n) is 3.60. The molecule has 1 aromatic carbocycles. The summed E-state index contributed by atoms with van der Waals surface area (Å²) >= 11 is 4.26. The lowest BCUT2D eigenvalue weighted by Gasteiger charge is -2.09. The molecule has 0 unspecified atom stereocenters. The van der Waals surface area contributed by atoms with Gasteiger partial charge in [0, 0.05) is 4.47 Å². The van der Waals surface area contributed by atoms with Gasteiger partial charge in [-0.3, -0.25) is 4.72 Å². The molecule has 0 spiro atoms. The highest BCUT2D eigenvalue weighted by molar-refractivity contribution is 9.10. The monoisotopic (exact) mass is 365 g/mol. The van der Waals surface area contributed by atoms with E-state index in [1.165, 1.54) is 18.2 Å². The van der Waals surface area contributed by atoms with E-state index in [9.17, 15) is 12.8 Å². The fourth-order valence-corrected chi connectivity index (χ4v) is 4.17. The number of sulfonamides is 1. The van der Waals surface area contributed by atoms with E-state index < -0.39 is 15.8 Å². The average Bonchev–Trinajstić information content (AvgIpc) is 2.82. The molecule has 1 aromatic heterocycles. The Hall–Kier alpha value is -0.960. The predicted molar refractivity (Wildman–Crippen MR) is 75.2 cm³/mol. The number of hydrogen-bond acceptors (Lipinski definition) is 4. The van der Waals surface area contributed by atoms with E-state index in [-0.39, 0.29) is 17.2 Å². The third-order valence-corrected chi connectivity index (χ3v) is 5.29. The van der Waals surface area contributed by atoms with Gasteiger partial charge in [0.1, 0.15) is 10.7 Å². The molecule has 0 saturated heterocycles. The van der Waals surface area contributed by atoms with Gasteiger partial charge in [-0.05, 0) is 29.6 Å². The Morgan fingerprint density at radius 2 is 2.11 bits per heavy atom. The third kappa shape index (κ3) is 3.14. The summed E-state index contributed by atoms with van der Waals surface area (Å²) in [5.74, 6) is -0.674. The van der Waals surface area contributed by atoms with Crippen LogP contribution >= 0.6 is 27.3 Å². The van der Waals surface area contributed by atoms with Crippen LogP contribution in [0.15, 0.2) is 39.0 Å². The van der Waals surface area contributed by atoms with Crippen LogP contribution in [0.4, 0.5) is 10.1 Å². The number of nitrogens with one attached hydrogen (secondary N) is 1. The number of rotatable bonds is 4. The Labute approximate surface area is 122 Å². The molecule has 1 heterocycles. The zero-order chi connectivity index (χ0) is 14.0. The summed E-state index contributed by atoms with van der Waals surface area (Å²) in [7, 11) is -3.91. The number of aliphatic hydroxyl groups excluding tert-OH is 1. The lowest BCUT2D eigenvalue weighted by molar-refractivity contribution is 0.282. The first-order chi connectivity index (χ1) is 8.94. The molecule has 8 heteroatoms. The van der Waals surface area contributed by atoms with Crippen LogP contribution in [0.2, 0.25) is 0 Å². The summed E-state index contributed by atoms with van der Waals surface area (Å²) in [4.78, 5) is 0.266. The minimum atomic E-state index is -3.91. The molecule has 0 amide bonds. The van der Waals surface area contributed by atoms with Crippen molar-refractivity contribution in [1.29, 1.82) is 0 Å². The van der Waals surface area contributed by atoms with Crippen LogP contribution in [-0.2, 0) is 16.6 Å². The highest BCUT2D eigenvalue weighted by atomic mass is 79.9. The van der Waals surface area contributed by atoms with E-state index in [4.69, 9.17) is 5.11 Å².